The molecule has 2 saturated carbocycles. The van der Waals surface area contributed by atoms with Gasteiger partial charge in [0, 0.05) is 49.1 Å². The molecule has 7 rings (SSSR count). The van der Waals surface area contributed by atoms with Crippen LogP contribution < -0.4 is 5.32 Å². The van der Waals surface area contributed by atoms with Gasteiger partial charge in [0.25, 0.3) is 5.91 Å². The summed E-state index contributed by atoms with van der Waals surface area (Å²) in [6.07, 6.45) is -8.44. The lowest BCUT2D eigenvalue weighted by Crippen LogP contribution is -2.81. The fraction of sp³-hybridized carbons (Fsp3) is 0.458. The van der Waals surface area contributed by atoms with E-state index in [2.05, 4.69) is 5.32 Å². The number of rotatable bonds is 11. The van der Waals surface area contributed by atoms with E-state index in [1.54, 1.807) is 112 Å². The molecule has 0 radical (unpaired) electrons. The predicted octanol–water partition coefficient (Wildman–Crippen LogP) is 4.40. The third-order valence-corrected chi connectivity index (χ3v) is 14.2. The second kappa shape index (κ2) is 16.6. The molecule has 1 amide bonds. The minimum absolute atomic E-state index is 0.0527. The van der Waals surface area contributed by atoms with E-state index in [-0.39, 0.29) is 41.7 Å². The zero-order chi connectivity index (χ0) is 44.9. The maximum Gasteiger partial charge on any atom is 0.338 e. The van der Waals surface area contributed by atoms with Gasteiger partial charge in [0.2, 0.25) is 0 Å². The SMILES string of the molecule is CC[C@@]1(C)C2=C(C)[C@@H](OC(=O)[C@H](O)[C@@H](NC(=O)c3ccccc3)c3ccccc3)C[C@@]1(O)[C@@H](C(=O)c1ccccc1)[C@@H]1[C@]3(OC(C)=O)CO[C@@H]3C[C@H](O)[C@@]1(C)C(=O)[C@@H]2OC(C)=O. The van der Waals surface area contributed by atoms with Gasteiger partial charge in [-0.05, 0) is 49.1 Å². The van der Waals surface area contributed by atoms with Crippen LogP contribution in [0.2, 0.25) is 0 Å². The van der Waals surface area contributed by atoms with Crippen LogP contribution in [0, 0.1) is 22.7 Å². The lowest BCUT2D eigenvalue weighted by molar-refractivity contribution is -0.335. The van der Waals surface area contributed by atoms with Gasteiger partial charge in [0.1, 0.15) is 12.2 Å². The van der Waals surface area contributed by atoms with Gasteiger partial charge in [-0.2, -0.15) is 0 Å². The Hall–Kier alpha value is -5.54. The Kier molecular flexibility index (Phi) is 11.9. The molecule has 1 saturated heterocycles. The maximum atomic E-state index is 15.6. The quantitative estimate of drug-likeness (QED) is 0.0914. The number of nitrogens with one attached hydrogen (secondary N) is 1. The molecule has 0 spiro atoms. The molecule has 3 fully saturated rings. The van der Waals surface area contributed by atoms with Gasteiger partial charge in [0.05, 0.1) is 35.7 Å². The molecule has 0 unspecified atom stereocenters. The summed E-state index contributed by atoms with van der Waals surface area (Å²) in [6, 6.07) is 23.3. The summed E-state index contributed by atoms with van der Waals surface area (Å²) >= 11 is 0. The van der Waals surface area contributed by atoms with Gasteiger partial charge in [-0.1, -0.05) is 92.7 Å². The van der Waals surface area contributed by atoms with Crippen LogP contribution in [-0.2, 0) is 38.1 Å². The van der Waals surface area contributed by atoms with Crippen molar-refractivity contribution in [3.63, 3.8) is 0 Å². The molecule has 12 atom stereocenters. The Morgan fingerprint density at radius 1 is 0.871 bits per heavy atom. The van der Waals surface area contributed by atoms with Crippen molar-refractivity contribution in [2.75, 3.05) is 6.61 Å². The normalized spacial score (nSPS) is 33.5. The lowest BCUT2D eigenvalue weighted by atomic mass is 9.41. The number of carbonyl (C=O) groups excluding carboxylic acids is 6. The molecule has 328 valence electrons. The molecule has 4 aliphatic rings. The number of benzene rings is 3. The van der Waals surface area contributed by atoms with E-state index in [1.807, 2.05) is 0 Å². The van der Waals surface area contributed by atoms with Crippen molar-refractivity contribution >= 4 is 35.4 Å². The molecule has 1 heterocycles. The van der Waals surface area contributed by atoms with Crippen molar-refractivity contribution < 1.29 is 63.0 Å². The predicted molar refractivity (Wildman–Crippen MR) is 221 cm³/mol. The summed E-state index contributed by atoms with van der Waals surface area (Å²) in [4.78, 5) is 85.1. The Labute approximate surface area is 359 Å². The van der Waals surface area contributed by atoms with E-state index in [0.29, 0.717) is 5.56 Å². The van der Waals surface area contributed by atoms with Crippen molar-refractivity contribution in [1.29, 1.82) is 0 Å². The molecule has 2 bridgehead atoms. The summed E-state index contributed by atoms with van der Waals surface area (Å²) in [7, 11) is 0. The van der Waals surface area contributed by atoms with Gasteiger partial charge in [-0.3, -0.25) is 24.0 Å². The van der Waals surface area contributed by atoms with Gasteiger partial charge in [-0.15, -0.1) is 0 Å². The van der Waals surface area contributed by atoms with Crippen molar-refractivity contribution in [3.8, 4) is 0 Å². The molecule has 14 heteroatoms. The summed E-state index contributed by atoms with van der Waals surface area (Å²) < 4.78 is 24.1. The van der Waals surface area contributed by atoms with Crippen LogP contribution in [0.15, 0.2) is 102 Å². The Morgan fingerprint density at radius 2 is 1.45 bits per heavy atom. The molecule has 62 heavy (non-hydrogen) atoms. The first kappa shape index (κ1) is 44.5. The summed E-state index contributed by atoms with van der Waals surface area (Å²) in [6.45, 7) is 8.39. The molecular formula is C48H53NO13. The second-order valence-corrected chi connectivity index (χ2v) is 17.4. The number of Topliss-reactive ketones (excluding diaryl/α,β-unsaturated/α-hetero) is 2. The Morgan fingerprint density at radius 3 is 1.98 bits per heavy atom. The van der Waals surface area contributed by atoms with Crippen molar-refractivity contribution in [3.05, 3.63) is 119 Å². The number of ketones is 2. The molecule has 3 aromatic carbocycles. The van der Waals surface area contributed by atoms with E-state index < -0.39 is 112 Å². The molecule has 0 aromatic heterocycles. The fourth-order valence-electron chi connectivity index (χ4n) is 10.8. The Bertz CT molecular complexity index is 2280. The van der Waals surface area contributed by atoms with Crippen LogP contribution >= 0.6 is 0 Å². The first-order valence-electron chi connectivity index (χ1n) is 20.9. The number of aliphatic hydroxyl groups excluding tert-OH is 2. The van der Waals surface area contributed by atoms with E-state index in [4.69, 9.17) is 18.9 Å². The maximum absolute atomic E-state index is 15.6. The molecule has 1 aliphatic heterocycles. The molecule has 4 N–H and O–H groups in total. The number of amides is 1. The number of fused-ring (bicyclic) bond motifs is 5. The minimum Gasteiger partial charge on any atom is -0.456 e. The van der Waals surface area contributed by atoms with Gasteiger partial charge < -0.3 is 39.6 Å². The number of aliphatic hydroxyl groups is 3. The highest BCUT2D eigenvalue weighted by Gasteiger charge is 2.78. The highest BCUT2D eigenvalue weighted by atomic mass is 16.6. The van der Waals surface area contributed by atoms with Crippen LogP contribution in [0.4, 0.5) is 0 Å². The lowest BCUT2D eigenvalue weighted by Gasteiger charge is -2.68. The smallest absolute Gasteiger partial charge is 0.338 e. The standard InChI is InChI=1S/C48H53NO13/c1-7-45(5)35-26(2)32(61-44(57)39(54)37(29-17-11-8-12-18-29)49-43(56)31-21-15-10-16-22-31)24-48(45,58)36(38(53)30-19-13-9-14-20-30)41-46(6,42(55)40(35)60-27(3)50)33(52)23-34-47(41,25-59-34)62-28(4)51/h8-22,32-34,36-37,39-41,52,54,58H,7,23-25H2,1-6H3,(H,49,56)/t32-,33-,34+,36-,37-,39+,40+,41-,45-,46+,47-,48+/m0/s1. The summed E-state index contributed by atoms with van der Waals surface area (Å²) in [5.74, 6) is -8.05. The van der Waals surface area contributed by atoms with Crippen LogP contribution in [0.25, 0.3) is 0 Å². The summed E-state index contributed by atoms with van der Waals surface area (Å²) in [5, 5.41) is 40.7. The molecule has 14 nitrogen and oxygen atoms in total. The van der Waals surface area contributed by atoms with Crippen LogP contribution in [-0.4, -0.2) is 99.0 Å². The zero-order valence-corrected chi connectivity index (χ0v) is 35.5. The zero-order valence-electron chi connectivity index (χ0n) is 35.5. The topological polar surface area (TPSA) is 212 Å². The van der Waals surface area contributed by atoms with Gasteiger partial charge in [0.15, 0.2) is 29.4 Å². The largest absolute Gasteiger partial charge is 0.456 e. The first-order chi connectivity index (χ1) is 29.3. The van der Waals surface area contributed by atoms with Crippen LogP contribution in [0.1, 0.15) is 93.1 Å². The number of hydrogen-bond acceptors (Lipinski definition) is 13. The van der Waals surface area contributed by atoms with E-state index in [0.717, 1.165) is 6.92 Å². The summed E-state index contributed by atoms with van der Waals surface area (Å²) in [5.41, 5.74) is -6.61. The minimum atomic E-state index is -2.32. The van der Waals surface area contributed by atoms with Gasteiger partial charge in [-0.25, -0.2) is 4.79 Å². The van der Waals surface area contributed by atoms with Crippen molar-refractivity contribution in [1.82, 2.24) is 5.32 Å². The fourth-order valence-corrected chi connectivity index (χ4v) is 10.8. The van der Waals surface area contributed by atoms with Crippen molar-refractivity contribution in [2.24, 2.45) is 22.7 Å². The average Bonchev–Trinajstić information content (AvgIpc) is 3.25. The molecule has 3 aromatic rings. The number of hydrogen-bond donors (Lipinski definition) is 4. The van der Waals surface area contributed by atoms with E-state index in [1.165, 1.54) is 13.8 Å². The molecular weight excluding hydrogens is 799 g/mol. The van der Waals surface area contributed by atoms with E-state index in [9.17, 15) is 34.5 Å². The van der Waals surface area contributed by atoms with Crippen LogP contribution in [0.3, 0.4) is 0 Å². The highest BCUT2D eigenvalue weighted by Crippen LogP contribution is 2.67. The second-order valence-electron chi connectivity index (χ2n) is 17.4. The monoisotopic (exact) mass is 851 g/mol. The highest BCUT2D eigenvalue weighted by molar-refractivity contribution is 6.02. The van der Waals surface area contributed by atoms with E-state index >= 15 is 9.59 Å². The third-order valence-electron chi connectivity index (χ3n) is 14.2. The number of esters is 3. The Balaban J connectivity index is 1.42. The third kappa shape index (κ3) is 7.06. The molecule has 3 aliphatic carbocycles. The number of ether oxygens (including phenoxy) is 4. The first-order valence-corrected chi connectivity index (χ1v) is 20.9. The average molecular weight is 852 g/mol. The number of carbonyl (C=O) groups is 6. The van der Waals surface area contributed by atoms with Crippen LogP contribution in [0.5, 0.6) is 0 Å². The van der Waals surface area contributed by atoms with Gasteiger partial charge >= 0.3 is 17.9 Å². The van der Waals surface area contributed by atoms with Crippen molar-refractivity contribution in [2.45, 2.75) is 109 Å².